The normalized spacial score (nSPS) is 12.9. The fraction of sp³-hybridized carbons (Fsp3) is 0.533. The van der Waals surface area contributed by atoms with E-state index in [1.807, 2.05) is 18.3 Å². The molecule has 0 radical (unpaired) electrons. The van der Waals surface area contributed by atoms with Crippen molar-refractivity contribution in [1.29, 1.82) is 0 Å². The molecular weight excluding hydrogens is 254 g/mol. The number of thiophene rings is 1. The molecule has 0 spiro atoms. The summed E-state index contributed by atoms with van der Waals surface area (Å²) in [6, 6.07) is 4.66. The van der Waals surface area contributed by atoms with E-state index < -0.39 is 0 Å². The molecule has 4 heteroatoms. The molecule has 0 fully saturated rings. The lowest BCUT2D eigenvalue weighted by atomic mass is 10.2. The molecule has 0 aliphatic heterocycles. The molecule has 1 atom stereocenters. The molecule has 2 aromatic heterocycles. The minimum absolute atomic E-state index is 0.298. The zero-order chi connectivity index (χ0) is 14.0. The second kappa shape index (κ2) is 5.78. The predicted molar refractivity (Wildman–Crippen MR) is 82.9 cm³/mol. The summed E-state index contributed by atoms with van der Waals surface area (Å²) in [5.74, 6) is 1.60. The van der Waals surface area contributed by atoms with Crippen molar-refractivity contribution in [3.05, 3.63) is 33.8 Å². The van der Waals surface area contributed by atoms with Crippen LogP contribution in [0.1, 0.15) is 42.3 Å². The molecule has 0 saturated heterocycles. The molecule has 1 unspecified atom stereocenters. The molecule has 2 rings (SSSR count). The van der Waals surface area contributed by atoms with Crippen LogP contribution in [-0.2, 0) is 6.54 Å². The number of hydrogen-bond donors (Lipinski definition) is 1. The quantitative estimate of drug-likeness (QED) is 0.878. The van der Waals surface area contributed by atoms with E-state index in [0.29, 0.717) is 12.0 Å². The summed E-state index contributed by atoms with van der Waals surface area (Å²) in [5, 5.41) is 3.53. The Bertz CT molecular complexity index is 539. The van der Waals surface area contributed by atoms with Gasteiger partial charge in [0.25, 0.3) is 0 Å². The first-order valence-electron chi connectivity index (χ1n) is 6.82. The van der Waals surface area contributed by atoms with Crippen LogP contribution in [0.4, 0.5) is 5.95 Å². The number of rotatable bonds is 5. The van der Waals surface area contributed by atoms with Gasteiger partial charge in [-0.2, -0.15) is 0 Å². The Hall–Kier alpha value is -1.29. The highest BCUT2D eigenvalue weighted by atomic mass is 32.1. The van der Waals surface area contributed by atoms with Crippen molar-refractivity contribution >= 4 is 17.3 Å². The van der Waals surface area contributed by atoms with E-state index in [1.165, 1.54) is 9.75 Å². The SMILES string of the molecule is Cc1cn(CC(C)C)c(NC(C)c2ccc(C)s2)n1. The second-order valence-corrected chi connectivity index (χ2v) is 6.89. The van der Waals surface area contributed by atoms with Gasteiger partial charge in [0, 0.05) is 22.5 Å². The first-order valence-corrected chi connectivity index (χ1v) is 7.64. The molecule has 0 amide bonds. The van der Waals surface area contributed by atoms with Crippen LogP contribution in [0.3, 0.4) is 0 Å². The third-order valence-electron chi connectivity index (χ3n) is 2.99. The Kier molecular flexibility index (Phi) is 4.30. The zero-order valence-corrected chi connectivity index (χ0v) is 13.2. The molecule has 0 aromatic carbocycles. The van der Waals surface area contributed by atoms with Crippen molar-refractivity contribution in [3.8, 4) is 0 Å². The highest BCUT2D eigenvalue weighted by Crippen LogP contribution is 2.25. The van der Waals surface area contributed by atoms with Gasteiger partial charge in [-0.1, -0.05) is 13.8 Å². The molecule has 0 aliphatic rings. The molecule has 1 N–H and O–H groups in total. The van der Waals surface area contributed by atoms with Crippen LogP contribution in [0.15, 0.2) is 18.3 Å². The van der Waals surface area contributed by atoms with Crippen LogP contribution in [-0.4, -0.2) is 9.55 Å². The van der Waals surface area contributed by atoms with Crippen molar-refractivity contribution in [2.24, 2.45) is 5.92 Å². The van der Waals surface area contributed by atoms with Crippen LogP contribution >= 0.6 is 11.3 Å². The van der Waals surface area contributed by atoms with Crippen LogP contribution in [0, 0.1) is 19.8 Å². The molecule has 19 heavy (non-hydrogen) atoms. The maximum atomic E-state index is 4.59. The van der Waals surface area contributed by atoms with Gasteiger partial charge in [0.05, 0.1) is 11.7 Å². The van der Waals surface area contributed by atoms with Crippen molar-refractivity contribution in [1.82, 2.24) is 9.55 Å². The summed E-state index contributed by atoms with van der Waals surface area (Å²) >= 11 is 1.84. The molecule has 2 aromatic rings. The van der Waals surface area contributed by atoms with E-state index in [9.17, 15) is 0 Å². The summed E-state index contributed by atoms with van der Waals surface area (Å²) in [6.45, 7) is 11.8. The van der Waals surface area contributed by atoms with Crippen LogP contribution < -0.4 is 5.32 Å². The summed E-state index contributed by atoms with van der Waals surface area (Å²) in [5.41, 5.74) is 1.07. The Morgan fingerprint density at radius 1 is 1.26 bits per heavy atom. The molecule has 104 valence electrons. The maximum absolute atomic E-state index is 4.59. The van der Waals surface area contributed by atoms with Crippen LogP contribution in [0.25, 0.3) is 0 Å². The Labute approximate surface area is 119 Å². The zero-order valence-electron chi connectivity index (χ0n) is 12.4. The van der Waals surface area contributed by atoms with Gasteiger partial charge >= 0.3 is 0 Å². The van der Waals surface area contributed by atoms with Gasteiger partial charge in [-0.05, 0) is 38.8 Å². The fourth-order valence-corrected chi connectivity index (χ4v) is 3.03. The maximum Gasteiger partial charge on any atom is 0.203 e. The monoisotopic (exact) mass is 277 g/mol. The Balaban J connectivity index is 2.14. The average Bonchev–Trinajstić information content (AvgIpc) is 2.85. The van der Waals surface area contributed by atoms with Gasteiger partial charge in [0.15, 0.2) is 0 Å². The van der Waals surface area contributed by atoms with E-state index >= 15 is 0 Å². The topological polar surface area (TPSA) is 29.9 Å². The summed E-state index contributed by atoms with van der Waals surface area (Å²) in [7, 11) is 0. The van der Waals surface area contributed by atoms with E-state index in [1.54, 1.807) is 0 Å². The largest absolute Gasteiger partial charge is 0.348 e. The van der Waals surface area contributed by atoms with Crippen molar-refractivity contribution in [2.45, 2.75) is 47.2 Å². The van der Waals surface area contributed by atoms with Gasteiger partial charge in [-0.15, -0.1) is 11.3 Å². The number of aromatic nitrogens is 2. The highest BCUT2D eigenvalue weighted by Gasteiger charge is 2.12. The predicted octanol–water partition coefficient (Wildman–Crippen LogP) is 4.39. The number of anilines is 1. The van der Waals surface area contributed by atoms with Crippen LogP contribution in [0.2, 0.25) is 0 Å². The standard InChI is InChI=1S/C15H23N3S/c1-10(2)8-18-9-11(3)16-15(18)17-13(5)14-7-6-12(4)19-14/h6-7,9-10,13H,8H2,1-5H3,(H,16,17). The Morgan fingerprint density at radius 2 is 2.00 bits per heavy atom. The lowest BCUT2D eigenvalue weighted by Crippen LogP contribution is -2.12. The third-order valence-corrected chi connectivity index (χ3v) is 4.18. The minimum Gasteiger partial charge on any atom is -0.348 e. The minimum atomic E-state index is 0.298. The summed E-state index contributed by atoms with van der Waals surface area (Å²) in [6.07, 6.45) is 2.12. The summed E-state index contributed by atoms with van der Waals surface area (Å²) < 4.78 is 2.22. The lowest BCUT2D eigenvalue weighted by molar-refractivity contribution is 0.524. The van der Waals surface area contributed by atoms with Gasteiger partial charge in [0.2, 0.25) is 5.95 Å². The first-order chi connectivity index (χ1) is 8.95. The molecule has 2 heterocycles. The van der Waals surface area contributed by atoms with E-state index in [0.717, 1.165) is 18.2 Å². The number of aryl methyl sites for hydroxylation is 2. The Morgan fingerprint density at radius 3 is 2.58 bits per heavy atom. The first kappa shape index (κ1) is 14.1. The average molecular weight is 277 g/mol. The fourth-order valence-electron chi connectivity index (χ4n) is 2.15. The van der Waals surface area contributed by atoms with E-state index in [4.69, 9.17) is 0 Å². The molecule has 0 aliphatic carbocycles. The smallest absolute Gasteiger partial charge is 0.203 e. The lowest BCUT2D eigenvalue weighted by Gasteiger charge is -2.16. The van der Waals surface area contributed by atoms with Crippen molar-refractivity contribution < 1.29 is 0 Å². The van der Waals surface area contributed by atoms with Gasteiger partial charge in [0.1, 0.15) is 0 Å². The number of hydrogen-bond acceptors (Lipinski definition) is 3. The molecule has 0 bridgehead atoms. The van der Waals surface area contributed by atoms with E-state index in [-0.39, 0.29) is 0 Å². The number of nitrogens with one attached hydrogen (secondary N) is 1. The molecular formula is C15H23N3S. The van der Waals surface area contributed by atoms with Crippen LogP contribution in [0.5, 0.6) is 0 Å². The second-order valence-electron chi connectivity index (χ2n) is 5.57. The van der Waals surface area contributed by atoms with Gasteiger partial charge < -0.3 is 9.88 Å². The molecule has 3 nitrogen and oxygen atoms in total. The number of nitrogens with zero attached hydrogens (tertiary/aromatic N) is 2. The molecule has 0 saturated carbocycles. The third kappa shape index (κ3) is 3.60. The van der Waals surface area contributed by atoms with Crippen molar-refractivity contribution in [3.63, 3.8) is 0 Å². The number of imidazole rings is 1. The summed E-state index contributed by atoms with van der Waals surface area (Å²) in [4.78, 5) is 7.30. The van der Waals surface area contributed by atoms with Gasteiger partial charge in [-0.25, -0.2) is 4.98 Å². The van der Waals surface area contributed by atoms with Gasteiger partial charge in [-0.3, -0.25) is 0 Å². The van der Waals surface area contributed by atoms with E-state index in [2.05, 4.69) is 60.9 Å². The van der Waals surface area contributed by atoms with Crippen molar-refractivity contribution in [2.75, 3.05) is 5.32 Å². The highest BCUT2D eigenvalue weighted by molar-refractivity contribution is 7.12.